The van der Waals surface area contributed by atoms with Crippen molar-refractivity contribution in [1.82, 2.24) is 0 Å². The third-order valence-electron chi connectivity index (χ3n) is 2.67. The standard InChI is InChI=1S/C4H10O2.4C4H10O.Ti/c1-4(2-5)3-6;4*1-2-3-4-5;/h4-6H,2-3H2,1H3;4*5H,2-4H2,1H3;. The van der Waals surface area contributed by atoms with Gasteiger partial charge in [0.2, 0.25) is 0 Å². The molecule has 0 radical (unpaired) electrons. The minimum absolute atomic E-state index is 0. The van der Waals surface area contributed by atoms with Crippen molar-refractivity contribution in [1.29, 1.82) is 0 Å². The fourth-order valence-corrected chi connectivity index (χ4v) is 0.690. The molecule has 0 aromatic heterocycles. The first-order valence-corrected chi connectivity index (χ1v) is 10.1. The molecule has 6 N–H and O–H groups in total. The van der Waals surface area contributed by atoms with Gasteiger partial charge in [-0.1, -0.05) is 60.3 Å². The Hall–Kier alpha value is 0.474. The van der Waals surface area contributed by atoms with Gasteiger partial charge in [-0.3, -0.25) is 0 Å². The average Bonchev–Trinajstić information content (AvgIpc) is 2.66. The molecule has 0 atom stereocenters. The van der Waals surface area contributed by atoms with Crippen molar-refractivity contribution in [2.24, 2.45) is 5.92 Å². The first-order valence-electron chi connectivity index (χ1n) is 10.1. The molecule has 0 spiro atoms. The first-order chi connectivity index (χ1) is 12.5. The molecule has 0 amide bonds. The minimum atomic E-state index is 0. The van der Waals surface area contributed by atoms with E-state index in [1.54, 1.807) is 6.92 Å². The van der Waals surface area contributed by atoms with Crippen LogP contribution in [0, 0.1) is 5.92 Å². The minimum Gasteiger partial charge on any atom is -0.396 e. The molecule has 0 fully saturated rings. The zero-order valence-electron chi connectivity index (χ0n) is 18.7. The van der Waals surface area contributed by atoms with Gasteiger partial charge >= 0.3 is 0 Å². The Balaban J connectivity index is -0.0000000507. The van der Waals surface area contributed by atoms with E-state index >= 15 is 0 Å². The quantitative estimate of drug-likeness (QED) is 0.294. The monoisotopic (exact) mass is 434 g/mol. The van der Waals surface area contributed by atoms with Crippen LogP contribution in [0.1, 0.15) is 86.0 Å². The molecule has 7 heteroatoms. The van der Waals surface area contributed by atoms with Gasteiger partial charge in [-0.2, -0.15) is 0 Å². The number of aliphatic hydroxyl groups excluding tert-OH is 6. The van der Waals surface area contributed by atoms with Crippen molar-refractivity contribution in [2.45, 2.75) is 86.0 Å². The second-order valence-electron chi connectivity index (χ2n) is 5.78. The molecule has 0 heterocycles. The third kappa shape index (κ3) is 102. The van der Waals surface area contributed by atoms with Gasteiger partial charge in [0.15, 0.2) is 0 Å². The molecule has 0 aromatic carbocycles. The zero-order chi connectivity index (χ0) is 21.5. The topological polar surface area (TPSA) is 121 Å². The van der Waals surface area contributed by atoms with E-state index in [-0.39, 0.29) is 40.8 Å². The molecule has 0 saturated heterocycles. The number of hydrogen-bond acceptors (Lipinski definition) is 6. The molecule has 27 heavy (non-hydrogen) atoms. The van der Waals surface area contributed by atoms with E-state index in [1.165, 1.54) is 0 Å². The van der Waals surface area contributed by atoms with Gasteiger partial charge in [-0.25, -0.2) is 0 Å². The number of hydrogen-bond donors (Lipinski definition) is 6. The molecule has 0 aliphatic heterocycles. The van der Waals surface area contributed by atoms with Crippen molar-refractivity contribution >= 4 is 0 Å². The van der Waals surface area contributed by atoms with Crippen LogP contribution in [0.15, 0.2) is 0 Å². The van der Waals surface area contributed by atoms with Crippen molar-refractivity contribution < 1.29 is 52.4 Å². The van der Waals surface area contributed by atoms with Crippen molar-refractivity contribution in [3.63, 3.8) is 0 Å². The molecular weight excluding hydrogens is 384 g/mol. The van der Waals surface area contributed by atoms with Crippen LogP contribution >= 0.6 is 0 Å². The molecule has 0 bridgehead atoms. The molecule has 0 aromatic rings. The summed E-state index contributed by atoms with van der Waals surface area (Å²) in [5.41, 5.74) is 0. The summed E-state index contributed by atoms with van der Waals surface area (Å²) in [6, 6.07) is 0. The number of rotatable bonds is 10. The van der Waals surface area contributed by atoms with E-state index in [9.17, 15) is 0 Å². The van der Waals surface area contributed by atoms with Gasteiger partial charge in [0.1, 0.15) is 0 Å². The second-order valence-corrected chi connectivity index (χ2v) is 5.78. The smallest absolute Gasteiger partial charge is 0.0478 e. The predicted molar refractivity (Wildman–Crippen MR) is 111 cm³/mol. The summed E-state index contributed by atoms with van der Waals surface area (Å²) in [5.74, 6) is 0.0463. The number of aliphatic hydroxyl groups is 6. The maximum atomic E-state index is 8.17. The Morgan fingerprint density at radius 1 is 0.481 bits per heavy atom. The van der Waals surface area contributed by atoms with E-state index < -0.39 is 0 Å². The summed E-state index contributed by atoms with van der Waals surface area (Å²) < 4.78 is 0. The molecule has 0 aliphatic carbocycles. The maximum Gasteiger partial charge on any atom is 0.0478 e. The van der Waals surface area contributed by atoms with Gasteiger partial charge in [-0.05, 0) is 25.7 Å². The van der Waals surface area contributed by atoms with Crippen LogP contribution in [-0.4, -0.2) is 70.3 Å². The summed E-state index contributed by atoms with van der Waals surface area (Å²) in [5, 5.41) is 48.6. The Morgan fingerprint density at radius 3 is 0.667 bits per heavy atom. The van der Waals surface area contributed by atoms with Gasteiger partial charge in [-0.15, -0.1) is 0 Å². The zero-order valence-corrected chi connectivity index (χ0v) is 20.2. The Kier molecular flexibility index (Phi) is 87.0. The Morgan fingerprint density at radius 2 is 0.667 bits per heavy atom. The summed E-state index contributed by atoms with van der Waals surface area (Å²) >= 11 is 0. The van der Waals surface area contributed by atoms with E-state index in [0.717, 1.165) is 51.4 Å². The molecule has 170 valence electrons. The van der Waals surface area contributed by atoms with Gasteiger partial charge in [0, 0.05) is 67.3 Å². The largest absolute Gasteiger partial charge is 0.396 e. The molecular formula is C20H50O6Ti. The van der Waals surface area contributed by atoms with E-state index in [2.05, 4.69) is 27.7 Å². The van der Waals surface area contributed by atoms with Crippen LogP contribution in [0.4, 0.5) is 0 Å². The van der Waals surface area contributed by atoms with Crippen LogP contribution in [0.25, 0.3) is 0 Å². The molecule has 0 saturated carbocycles. The predicted octanol–water partition coefficient (Wildman–Crippen LogP) is 2.72. The van der Waals surface area contributed by atoms with Crippen LogP contribution in [-0.2, 0) is 21.7 Å². The van der Waals surface area contributed by atoms with Gasteiger partial charge in [0.25, 0.3) is 0 Å². The van der Waals surface area contributed by atoms with E-state index in [0.29, 0.717) is 26.4 Å². The fraction of sp³-hybridized carbons (Fsp3) is 1.00. The fourth-order valence-electron chi connectivity index (χ4n) is 0.690. The van der Waals surface area contributed by atoms with Crippen LogP contribution < -0.4 is 0 Å². The summed E-state index contributed by atoms with van der Waals surface area (Å²) in [6.07, 6.45) is 8.15. The molecule has 6 nitrogen and oxygen atoms in total. The van der Waals surface area contributed by atoms with E-state index in [1.807, 2.05) is 0 Å². The van der Waals surface area contributed by atoms with Crippen molar-refractivity contribution in [2.75, 3.05) is 39.6 Å². The van der Waals surface area contributed by atoms with Crippen LogP contribution in [0.2, 0.25) is 0 Å². The molecule has 0 rings (SSSR count). The Bertz CT molecular complexity index is 129. The number of unbranched alkanes of at least 4 members (excludes halogenated alkanes) is 4. The summed E-state index contributed by atoms with van der Waals surface area (Å²) in [7, 11) is 0. The Labute approximate surface area is 183 Å². The summed E-state index contributed by atoms with van der Waals surface area (Å²) in [4.78, 5) is 0. The third-order valence-corrected chi connectivity index (χ3v) is 2.67. The van der Waals surface area contributed by atoms with Crippen molar-refractivity contribution in [3.05, 3.63) is 0 Å². The molecule has 0 aliphatic rings. The van der Waals surface area contributed by atoms with Crippen LogP contribution in [0.3, 0.4) is 0 Å². The van der Waals surface area contributed by atoms with Crippen molar-refractivity contribution in [3.8, 4) is 0 Å². The first kappa shape index (κ1) is 41.8. The normalized spacial score (nSPS) is 8.44. The second kappa shape index (κ2) is 56.3. The average molecular weight is 434 g/mol. The SMILES string of the molecule is CC(CO)CO.CCCCO.CCCCO.CCCCO.CCCCO.[Ti]. The van der Waals surface area contributed by atoms with Crippen LogP contribution in [0.5, 0.6) is 0 Å². The van der Waals surface area contributed by atoms with Gasteiger partial charge in [0.05, 0.1) is 0 Å². The molecule has 0 unspecified atom stereocenters. The summed E-state index contributed by atoms with van der Waals surface area (Å²) in [6.45, 7) is 11.5. The van der Waals surface area contributed by atoms with E-state index in [4.69, 9.17) is 30.6 Å². The maximum absolute atomic E-state index is 8.17. The van der Waals surface area contributed by atoms with Gasteiger partial charge < -0.3 is 30.6 Å².